The fourth-order valence-electron chi connectivity index (χ4n) is 5.38. The topological polar surface area (TPSA) is 111 Å². The van der Waals surface area contributed by atoms with Crippen LogP contribution in [0.4, 0.5) is 0 Å². The van der Waals surface area contributed by atoms with Crippen LogP contribution in [0.25, 0.3) is 0 Å². The van der Waals surface area contributed by atoms with E-state index >= 15 is 0 Å². The minimum Gasteiger partial charge on any atom is -0.504 e. The molecule has 1 aromatic carbocycles. The number of aromatic hydroxyl groups is 1. The maximum absolute atomic E-state index is 13.7. The van der Waals surface area contributed by atoms with E-state index in [0.717, 1.165) is 25.7 Å². The molecule has 0 spiro atoms. The number of methoxy groups -OCH3 is 2. The van der Waals surface area contributed by atoms with Crippen molar-refractivity contribution in [2.24, 2.45) is 11.8 Å². The largest absolute Gasteiger partial charge is 0.504 e. The van der Waals surface area contributed by atoms with Crippen molar-refractivity contribution in [3.8, 4) is 11.5 Å². The minimum absolute atomic E-state index is 0.0544. The summed E-state index contributed by atoms with van der Waals surface area (Å²) >= 11 is 0. The highest BCUT2D eigenvalue weighted by molar-refractivity contribution is 6.12. The number of hydrogen-bond acceptors (Lipinski definition) is 8. The van der Waals surface area contributed by atoms with Crippen LogP contribution in [0.3, 0.4) is 0 Å². The van der Waals surface area contributed by atoms with Gasteiger partial charge in [-0.3, -0.25) is 9.59 Å². The molecule has 1 saturated carbocycles. The van der Waals surface area contributed by atoms with Gasteiger partial charge in [-0.25, -0.2) is 4.79 Å². The Labute approximate surface area is 199 Å². The molecule has 2 N–H and O–H groups in total. The zero-order valence-corrected chi connectivity index (χ0v) is 20.0. The number of dihydropyridines is 1. The van der Waals surface area contributed by atoms with Crippen LogP contribution in [0, 0.1) is 11.8 Å². The number of phenolic OH excluding ortho intramolecular Hbond substituents is 1. The first-order valence-corrected chi connectivity index (χ1v) is 11.7. The number of carbonyl (C=O) groups excluding carboxylic acids is 3. The molecule has 182 valence electrons. The van der Waals surface area contributed by atoms with Gasteiger partial charge in [0.1, 0.15) is 12.0 Å². The fourth-order valence-corrected chi connectivity index (χ4v) is 5.38. The van der Waals surface area contributed by atoms with E-state index < -0.39 is 23.8 Å². The maximum atomic E-state index is 13.7. The number of benzene rings is 1. The van der Waals surface area contributed by atoms with E-state index in [-0.39, 0.29) is 29.3 Å². The lowest BCUT2D eigenvalue weighted by molar-refractivity contribution is -0.151. The van der Waals surface area contributed by atoms with Gasteiger partial charge < -0.3 is 24.6 Å². The second-order valence-corrected chi connectivity index (χ2v) is 9.28. The van der Waals surface area contributed by atoms with E-state index in [1.165, 1.54) is 20.3 Å². The highest BCUT2D eigenvalue weighted by Gasteiger charge is 2.47. The van der Waals surface area contributed by atoms with Crippen LogP contribution in [-0.2, 0) is 23.9 Å². The van der Waals surface area contributed by atoms with Gasteiger partial charge in [0.15, 0.2) is 17.3 Å². The van der Waals surface area contributed by atoms with E-state index in [1.54, 1.807) is 19.1 Å². The molecule has 0 saturated heterocycles. The average molecular weight is 470 g/mol. The molecular formula is C26H31NO7. The molecule has 1 aliphatic heterocycles. The van der Waals surface area contributed by atoms with Crippen LogP contribution in [0.5, 0.6) is 11.5 Å². The Hall–Kier alpha value is -3.29. The lowest BCUT2D eigenvalue weighted by atomic mass is 9.69. The molecular weight excluding hydrogens is 438 g/mol. The maximum Gasteiger partial charge on any atom is 0.337 e. The van der Waals surface area contributed by atoms with E-state index in [9.17, 15) is 19.5 Å². The molecule has 0 bridgehead atoms. The number of ether oxygens (including phenoxy) is 3. The van der Waals surface area contributed by atoms with Gasteiger partial charge in [-0.2, -0.15) is 0 Å². The molecule has 3 aliphatic rings. The zero-order valence-electron chi connectivity index (χ0n) is 20.0. The lowest BCUT2D eigenvalue weighted by Crippen LogP contribution is -2.43. The summed E-state index contributed by atoms with van der Waals surface area (Å²) in [4.78, 5) is 39.7. The predicted molar refractivity (Wildman–Crippen MR) is 123 cm³/mol. The summed E-state index contributed by atoms with van der Waals surface area (Å²) in [6, 6.07) is 4.75. The van der Waals surface area contributed by atoms with Crippen LogP contribution in [0.1, 0.15) is 57.4 Å². The van der Waals surface area contributed by atoms with Crippen molar-refractivity contribution < 1.29 is 33.7 Å². The van der Waals surface area contributed by atoms with Crippen molar-refractivity contribution in [3.63, 3.8) is 0 Å². The number of nitrogens with one attached hydrogen (secondary N) is 1. The summed E-state index contributed by atoms with van der Waals surface area (Å²) in [5.74, 6) is -3.27. The van der Waals surface area contributed by atoms with Gasteiger partial charge >= 0.3 is 11.9 Å². The first-order chi connectivity index (χ1) is 16.3. The van der Waals surface area contributed by atoms with Gasteiger partial charge in [0, 0.05) is 22.9 Å². The summed E-state index contributed by atoms with van der Waals surface area (Å²) in [5.41, 5.74) is 2.56. The Kier molecular flexibility index (Phi) is 6.68. The molecule has 1 heterocycles. The van der Waals surface area contributed by atoms with Gasteiger partial charge in [0.05, 0.1) is 19.8 Å². The molecule has 0 unspecified atom stereocenters. The SMILES string of the molecule is COC(=O)[C@@H]1C(=O)C2=C(C[C@@H]1C)NC(C)=C(C(=O)OC1CCCC1)[C@H]2c1ccc(O)c(OC)c1. The standard InChI is InChI=1S/C26H31NO7/c1-13-11-17-23(24(29)20(13)25(30)33-4)22(15-9-10-18(28)19(12-15)32-3)21(14(2)27-17)26(31)34-16-7-5-6-8-16/h9-10,12-13,16,20,22,27-28H,5-8,11H2,1-4H3/t13-,20-,22+/m0/s1. The lowest BCUT2D eigenvalue weighted by Gasteiger charge is -2.38. The number of phenols is 1. The van der Waals surface area contributed by atoms with Crippen molar-refractivity contribution >= 4 is 17.7 Å². The smallest absolute Gasteiger partial charge is 0.337 e. The number of hydrogen-bond donors (Lipinski definition) is 2. The van der Waals surface area contributed by atoms with Crippen LogP contribution >= 0.6 is 0 Å². The highest BCUT2D eigenvalue weighted by Crippen LogP contribution is 2.47. The normalized spacial score (nSPS) is 25.1. The highest BCUT2D eigenvalue weighted by atomic mass is 16.5. The second kappa shape index (κ2) is 9.52. The monoisotopic (exact) mass is 469 g/mol. The van der Waals surface area contributed by atoms with Gasteiger partial charge in [-0.15, -0.1) is 0 Å². The van der Waals surface area contributed by atoms with Gasteiger partial charge in [-0.05, 0) is 62.6 Å². The molecule has 0 aromatic heterocycles. The average Bonchev–Trinajstić information content (AvgIpc) is 3.31. The third kappa shape index (κ3) is 4.17. The quantitative estimate of drug-likeness (QED) is 0.498. The third-order valence-corrected chi connectivity index (χ3v) is 7.08. The number of allylic oxidation sites excluding steroid dienone is 3. The Balaban J connectivity index is 1.84. The Morgan fingerprint density at radius 2 is 1.85 bits per heavy atom. The fraction of sp³-hybridized carbons (Fsp3) is 0.500. The molecule has 8 heteroatoms. The molecule has 34 heavy (non-hydrogen) atoms. The second-order valence-electron chi connectivity index (χ2n) is 9.28. The van der Waals surface area contributed by atoms with Crippen LogP contribution < -0.4 is 10.1 Å². The zero-order chi connectivity index (χ0) is 24.6. The van der Waals surface area contributed by atoms with E-state index in [2.05, 4.69) is 5.32 Å². The van der Waals surface area contributed by atoms with Crippen LogP contribution in [0.2, 0.25) is 0 Å². The number of esters is 2. The van der Waals surface area contributed by atoms with Gasteiger partial charge in [-0.1, -0.05) is 13.0 Å². The Morgan fingerprint density at radius 3 is 2.50 bits per heavy atom. The van der Waals surface area contributed by atoms with Crippen LogP contribution in [-0.4, -0.2) is 43.2 Å². The third-order valence-electron chi connectivity index (χ3n) is 7.08. The molecule has 1 fully saturated rings. The molecule has 1 aromatic rings. The van der Waals surface area contributed by atoms with Crippen molar-refractivity contribution in [1.29, 1.82) is 0 Å². The van der Waals surface area contributed by atoms with Gasteiger partial charge in [0.25, 0.3) is 0 Å². The molecule has 8 nitrogen and oxygen atoms in total. The Bertz CT molecular complexity index is 1080. The molecule has 0 amide bonds. The summed E-state index contributed by atoms with van der Waals surface area (Å²) in [6.07, 6.45) is 3.96. The summed E-state index contributed by atoms with van der Waals surface area (Å²) in [7, 11) is 2.70. The molecule has 4 rings (SSSR count). The van der Waals surface area contributed by atoms with Crippen molar-refractivity contribution in [1.82, 2.24) is 5.32 Å². The number of ketones is 1. The predicted octanol–water partition coefficient (Wildman–Crippen LogP) is 3.50. The summed E-state index contributed by atoms with van der Waals surface area (Å²) in [6.45, 7) is 3.63. The summed E-state index contributed by atoms with van der Waals surface area (Å²) in [5, 5.41) is 13.4. The molecule has 0 radical (unpaired) electrons. The minimum atomic E-state index is -0.961. The van der Waals surface area contributed by atoms with Crippen LogP contribution in [0.15, 0.2) is 40.7 Å². The van der Waals surface area contributed by atoms with Crippen molar-refractivity contribution in [3.05, 3.63) is 46.3 Å². The molecule has 3 atom stereocenters. The van der Waals surface area contributed by atoms with Crippen molar-refractivity contribution in [2.75, 3.05) is 14.2 Å². The van der Waals surface area contributed by atoms with E-state index in [1.807, 2.05) is 6.92 Å². The molecule has 2 aliphatic carbocycles. The summed E-state index contributed by atoms with van der Waals surface area (Å²) < 4.78 is 16.1. The first kappa shape index (κ1) is 23.9. The first-order valence-electron chi connectivity index (χ1n) is 11.7. The Morgan fingerprint density at radius 1 is 1.15 bits per heavy atom. The number of Topliss-reactive ketones (excluding diaryl/α,β-unsaturated/α-hetero) is 1. The van der Waals surface area contributed by atoms with Crippen molar-refractivity contribution in [2.45, 2.75) is 58.0 Å². The van der Waals surface area contributed by atoms with E-state index in [4.69, 9.17) is 14.2 Å². The number of rotatable bonds is 5. The van der Waals surface area contributed by atoms with E-state index in [0.29, 0.717) is 34.5 Å². The van der Waals surface area contributed by atoms with Gasteiger partial charge in [0.2, 0.25) is 0 Å². The number of carbonyl (C=O) groups is 3.